The average Bonchev–Trinajstić information content (AvgIpc) is 3.24. The van der Waals surface area contributed by atoms with Crippen LogP contribution in [0.1, 0.15) is 16.8 Å². The van der Waals surface area contributed by atoms with Gasteiger partial charge < -0.3 is 0 Å². The van der Waals surface area contributed by atoms with E-state index in [0.717, 1.165) is 63.7 Å². The number of fused-ring (bicyclic) bond motifs is 1. The van der Waals surface area contributed by atoms with Gasteiger partial charge in [0, 0.05) is 0 Å². The van der Waals surface area contributed by atoms with Crippen LogP contribution in [0.3, 0.4) is 0 Å². The summed E-state index contributed by atoms with van der Waals surface area (Å²) < 4.78 is 53.2. The number of carbonyl (C=O) groups excluding carboxylic acids is 1. The summed E-state index contributed by atoms with van der Waals surface area (Å²) in [5, 5.41) is 9.59. The number of methoxy groups -OCH3 is 1. The SMILES string of the molecule is COCc1c(-c2ccc(NC(=O)Nc3cc(C(F)(F)F)ccc3Cl)cc2)c2c([AsH2])ncnn2c1CN1CCOCC1. The van der Waals surface area contributed by atoms with Crippen molar-refractivity contribution in [1.82, 2.24) is 19.5 Å². The number of urea groups is 1. The third kappa shape index (κ3) is 6.52. The van der Waals surface area contributed by atoms with Crippen LogP contribution in [0.2, 0.25) is 5.02 Å². The molecule has 0 spiro atoms. The van der Waals surface area contributed by atoms with Crippen molar-refractivity contribution in [2.24, 2.45) is 0 Å². The molecule has 41 heavy (non-hydrogen) atoms. The molecule has 1 atom stereocenters. The zero-order chi connectivity index (χ0) is 29.1. The number of ether oxygens (including phenoxy) is 2. The Balaban J connectivity index is 1.42. The minimum absolute atomic E-state index is 0.0122. The van der Waals surface area contributed by atoms with Crippen molar-refractivity contribution in [3.05, 3.63) is 70.6 Å². The quantitative estimate of drug-likeness (QED) is 0.295. The van der Waals surface area contributed by atoms with Gasteiger partial charge in [-0.25, -0.2) is 0 Å². The molecule has 2 amide bonds. The zero-order valence-electron chi connectivity index (χ0n) is 22.0. The molecular weight excluding hydrogens is 624 g/mol. The van der Waals surface area contributed by atoms with E-state index in [1.807, 2.05) is 16.6 Å². The second-order valence-corrected chi connectivity index (χ2v) is 10.9. The number of nitrogens with zero attached hydrogens (tertiary/aromatic N) is 4. The van der Waals surface area contributed by atoms with Crippen LogP contribution in [0, 0.1) is 0 Å². The van der Waals surface area contributed by atoms with E-state index in [9.17, 15) is 18.0 Å². The first kappa shape index (κ1) is 29.3. The maximum absolute atomic E-state index is 13.1. The van der Waals surface area contributed by atoms with Crippen molar-refractivity contribution < 1.29 is 27.4 Å². The van der Waals surface area contributed by atoms with Crippen LogP contribution in [-0.2, 0) is 28.8 Å². The molecule has 1 fully saturated rings. The number of anilines is 2. The zero-order valence-corrected chi connectivity index (χ0v) is 25.1. The Kier molecular flexibility index (Phi) is 8.86. The minimum atomic E-state index is -4.56. The molecule has 9 nitrogen and oxygen atoms in total. The van der Waals surface area contributed by atoms with Crippen molar-refractivity contribution >= 4 is 55.9 Å². The predicted molar refractivity (Wildman–Crippen MR) is 153 cm³/mol. The number of benzene rings is 2. The number of amides is 2. The van der Waals surface area contributed by atoms with E-state index in [4.69, 9.17) is 21.1 Å². The van der Waals surface area contributed by atoms with Gasteiger partial charge in [0.15, 0.2) is 0 Å². The first-order valence-electron chi connectivity index (χ1n) is 12.6. The molecule has 1 saturated heterocycles. The van der Waals surface area contributed by atoms with E-state index in [1.165, 1.54) is 16.9 Å². The van der Waals surface area contributed by atoms with E-state index in [1.54, 1.807) is 25.6 Å². The topological polar surface area (TPSA) is 93.0 Å². The summed E-state index contributed by atoms with van der Waals surface area (Å²) in [5.74, 6) is 0. The molecule has 5 rings (SSSR count). The predicted octanol–water partition coefficient (Wildman–Crippen LogP) is 3.95. The third-order valence-corrected chi connectivity index (χ3v) is 7.92. The Morgan fingerprint density at radius 1 is 1.15 bits per heavy atom. The average molecular weight is 651 g/mol. The second kappa shape index (κ2) is 12.4. The number of aromatic nitrogens is 3. The Hall–Kier alpha value is -3.15. The number of alkyl halides is 3. The number of carbonyl (C=O) groups is 1. The van der Waals surface area contributed by atoms with Gasteiger partial charge in [0.05, 0.1) is 5.56 Å². The molecule has 1 aliphatic heterocycles. The number of rotatable bonds is 7. The number of hydrogen-bond acceptors (Lipinski definition) is 6. The molecule has 2 aromatic heterocycles. The Bertz CT molecular complexity index is 1560. The molecule has 3 heterocycles. The third-order valence-electron chi connectivity index (χ3n) is 6.70. The van der Waals surface area contributed by atoms with Crippen LogP contribution < -0.4 is 15.1 Å². The Labute approximate surface area is 247 Å². The molecule has 0 radical (unpaired) electrons. The summed E-state index contributed by atoms with van der Waals surface area (Å²) in [5.41, 5.74) is 4.10. The van der Waals surface area contributed by atoms with Gasteiger partial charge in [-0.05, 0) is 12.1 Å². The van der Waals surface area contributed by atoms with Crippen LogP contribution in [0.5, 0.6) is 0 Å². The van der Waals surface area contributed by atoms with Crippen molar-refractivity contribution in [2.75, 3.05) is 44.0 Å². The van der Waals surface area contributed by atoms with Gasteiger partial charge in [-0.1, -0.05) is 11.6 Å². The summed E-state index contributed by atoms with van der Waals surface area (Å²) >= 11 is 7.38. The van der Waals surface area contributed by atoms with Gasteiger partial charge in [-0.15, -0.1) is 0 Å². The number of nitrogens with one attached hydrogen (secondary N) is 2. The molecular formula is C27H27AsClF3N6O3. The number of morpholine rings is 1. The van der Waals surface area contributed by atoms with Gasteiger partial charge in [0.1, 0.15) is 0 Å². The monoisotopic (exact) mass is 650 g/mol. The molecule has 1 aliphatic rings. The van der Waals surface area contributed by atoms with Crippen LogP contribution >= 0.6 is 11.6 Å². The summed E-state index contributed by atoms with van der Waals surface area (Å²) in [6.45, 7) is 4.02. The van der Waals surface area contributed by atoms with E-state index >= 15 is 0 Å². The second-order valence-electron chi connectivity index (χ2n) is 9.38. The molecule has 14 heteroatoms. The van der Waals surface area contributed by atoms with E-state index in [2.05, 4.69) is 25.6 Å². The van der Waals surface area contributed by atoms with Crippen molar-refractivity contribution in [2.45, 2.75) is 19.3 Å². The first-order valence-corrected chi connectivity index (χ1v) is 14.2. The molecule has 0 bridgehead atoms. The Morgan fingerprint density at radius 2 is 1.88 bits per heavy atom. The Morgan fingerprint density at radius 3 is 2.56 bits per heavy atom. The first-order chi connectivity index (χ1) is 19.7. The summed E-state index contributed by atoms with van der Waals surface area (Å²) in [6, 6.07) is 9.17. The summed E-state index contributed by atoms with van der Waals surface area (Å²) in [4.78, 5) is 19.4. The van der Waals surface area contributed by atoms with Gasteiger partial charge in [0.2, 0.25) is 0 Å². The summed E-state index contributed by atoms with van der Waals surface area (Å²) in [6.07, 6.45) is -3.01. The molecule has 0 saturated carbocycles. The molecule has 4 aromatic rings. The summed E-state index contributed by atoms with van der Waals surface area (Å²) in [7, 11) is 1.65. The number of halogens is 4. The van der Waals surface area contributed by atoms with Gasteiger partial charge in [-0.3, -0.25) is 0 Å². The van der Waals surface area contributed by atoms with Gasteiger partial charge in [-0.2, -0.15) is 13.2 Å². The van der Waals surface area contributed by atoms with E-state index in [0.29, 0.717) is 32.1 Å². The van der Waals surface area contributed by atoms with Gasteiger partial charge >= 0.3 is 205 Å². The normalized spacial score (nSPS) is 14.4. The van der Waals surface area contributed by atoms with Crippen molar-refractivity contribution in [3.8, 4) is 11.1 Å². The molecule has 0 aliphatic carbocycles. The molecule has 2 N–H and O–H groups in total. The van der Waals surface area contributed by atoms with Crippen LogP contribution in [0.15, 0.2) is 48.8 Å². The van der Waals surface area contributed by atoms with Crippen LogP contribution in [-0.4, -0.2) is 75.8 Å². The number of hydrogen-bond donors (Lipinski definition) is 2. The van der Waals surface area contributed by atoms with Crippen molar-refractivity contribution in [3.63, 3.8) is 0 Å². The fourth-order valence-corrected chi connectivity index (χ4v) is 5.63. The van der Waals surface area contributed by atoms with Crippen LogP contribution in [0.4, 0.5) is 29.3 Å². The van der Waals surface area contributed by atoms with Gasteiger partial charge in [0.25, 0.3) is 0 Å². The maximum atomic E-state index is 13.1. The van der Waals surface area contributed by atoms with E-state index in [-0.39, 0.29) is 10.7 Å². The molecule has 2 aromatic carbocycles. The van der Waals surface area contributed by atoms with Crippen LogP contribution in [0.25, 0.3) is 16.6 Å². The molecule has 1 unspecified atom stereocenters. The fraction of sp³-hybridized carbons (Fsp3) is 0.296. The van der Waals surface area contributed by atoms with E-state index < -0.39 is 17.8 Å². The standard InChI is InChI=1S/C27H27AsClF3N6O3/c1-40-14-19-22(13-37-8-10-41-11-9-37)38-24(25(28)33-15-34-38)23(19)16-2-5-18(6-3-16)35-26(39)36-21-12-17(27(30,31)32)4-7-20(21)29/h2-7,12,15H,8-11,13-14,28H2,1H3,(H2,35,36,39). The molecule has 216 valence electrons. The van der Waals surface area contributed by atoms with Crippen molar-refractivity contribution in [1.29, 1.82) is 0 Å². The fourth-order valence-electron chi connectivity index (χ4n) is 4.77.